The van der Waals surface area contributed by atoms with Crippen molar-refractivity contribution in [3.8, 4) is 0 Å². The lowest BCUT2D eigenvalue weighted by Gasteiger charge is -2.60. The van der Waals surface area contributed by atoms with Crippen molar-refractivity contribution in [2.75, 3.05) is 0 Å². The number of hydrogen-bond donors (Lipinski definition) is 1. The van der Waals surface area contributed by atoms with Gasteiger partial charge in [0.25, 0.3) is 0 Å². The van der Waals surface area contributed by atoms with Gasteiger partial charge in [-0.1, -0.05) is 40.3 Å². The molecule has 0 amide bonds. The quantitative estimate of drug-likeness (QED) is 0.807. The molecule has 3 aliphatic rings. The normalized spacial score (nSPS) is 45.8. The maximum Gasteiger partial charge on any atom is 0.162 e. The van der Waals surface area contributed by atoms with E-state index in [2.05, 4.69) is 20.4 Å². The van der Waals surface area contributed by atoms with Gasteiger partial charge in [-0.15, -0.1) is 0 Å². The van der Waals surface area contributed by atoms with Crippen LogP contribution in [0.25, 0.3) is 0 Å². The van der Waals surface area contributed by atoms with E-state index in [-0.39, 0.29) is 34.7 Å². The van der Waals surface area contributed by atoms with Gasteiger partial charge in [-0.2, -0.15) is 0 Å². The van der Waals surface area contributed by atoms with Crippen molar-refractivity contribution in [1.82, 2.24) is 0 Å². The number of allylic oxidation sites excluding steroid dienone is 3. The summed E-state index contributed by atoms with van der Waals surface area (Å²) in [4.78, 5) is 25.4. The highest BCUT2D eigenvalue weighted by Gasteiger charge is 2.62. The highest BCUT2D eigenvalue weighted by atomic mass is 16.3. The molecule has 0 aromatic heterocycles. The highest BCUT2D eigenvalue weighted by Crippen LogP contribution is 2.62. The first-order valence-electron chi connectivity index (χ1n) is 8.73. The van der Waals surface area contributed by atoms with E-state index in [0.717, 1.165) is 18.4 Å². The van der Waals surface area contributed by atoms with Crippen molar-refractivity contribution < 1.29 is 14.7 Å². The Bertz CT molecular complexity index is 600. The average Bonchev–Trinajstić information content (AvgIpc) is 2.47. The third-order valence-corrected chi connectivity index (χ3v) is 7.21. The van der Waals surface area contributed by atoms with Crippen LogP contribution in [0.3, 0.4) is 0 Å². The summed E-state index contributed by atoms with van der Waals surface area (Å²) in [6.07, 6.45) is 4.90. The molecule has 23 heavy (non-hydrogen) atoms. The van der Waals surface area contributed by atoms with Crippen molar-refractivity contribution in [3.63, 3.8) is 0 Å². The molecular weight excluding hydrogens is 288 g/mol. The van der Waals surface area contributed by atoms with Gasteiger partial charge in [0.15, 0.2) is 11.6 Å². The Labute approximate surface area is 138 Å². The molecule has 0 aromatic carbocycles. The number of aliphatic hydroxyl groups excluding tert-OH is 1. The molecule has 6 atom stereocenters. The first kappa shape index (κ1) is 16.6. The van der Waals surface area contributed by atoms with Gasteiger partial charge in [-0.3, -0.25) is 9.59 Å². The van der Waals surface area contributed by atoms with Crippen LogP contribution in [-0.4, -0.2) is 22.8 Å². The van der Waals surface area contributed by atoms with E-state index < -0.39 is 11.5 Å². The third-order valence-electron chi connectivity index (χ3n) is 7.21. The number of Topliss-reactive ketones (excluding diaryl/α,β-unsaturated/α-hetero) is 1. The molecule has 126 valence electrons. The van der Waals surface area contributed by atoms with E-state index in [9.17, 15) is 14.7 Å². The van der Waals surface area contributed by atoms with E-state index >= 15 is 0 Å². The number of carbonyl (C=O) groups excluding carboxylic acids is 2. The molecule has 2 fully saturated rings. The lowest BCUT2D eigenvalue weighted by molar-refractivity contribution is -0.175. The van der Waals surface area contributed by atoms with Crippen LogP contribution < -0.4 is 0 Å². The third kappa shape index (κ3) is 2.12. The molecule has 0 unspecified atom stereocenters. The number of carbonyl (C=O) groups is 2. The molecule has 3 rings (SSSR count). The molecule has 0 saturated heterocycles. The Hall–Kier alpha value is -1.22. The van der Waals surface area contributed by atoms with Crippen molar-refractivity contribution in [2.24, 2.45) is 34.5 Å². The lowest BCUT2D eigenvalue weighted by atomic mass is 9.43. The van der Waals surface area contributed by atoms with Crippen LogP contribution in [0.2, 0.25) is 0 Å². The van der Waals surface area contributed by atoms with Crippen LogP contribution in [-0.2, 0) is 9.59 Å². The summed E-state index contributed by atoms with van der Waals surface area (Å²) < 4.78 is 0. The molecule has 0 spiro atoms. The Morgan fingerprint density at radius 1 is 1.26 bits per heavy atom. The van der Waals surface area contributed by atoms with Gasteiger partial charge in [0.1, 0.15) is 6.10 Å². The molecular formula is C20H28O3. The summed E-state index contributed by atoms with van der Waals surface area (Å²) in [6.45, 7) is 12.1. The molecule has 3 heteroatoms. The molecule has 2 saturated carbocycles. The zero-order valence-electron chi connectivity index (χ0n) is 14.6. The van der Waals surface area contributed by atoms with Gasteiger partial charge in [0.05, 0.1) is 0 Å². The lowest BCUT2D eigenvalue weighted by Crippen LogP contribution is -2.62. The van der Waals surface area contributed by atoms with Crippen molar-refractivity contribution in [3.05, 3.63) is 24.3 Å². The molecule has 0 radical (unpaired) electrons. The van der Waals surface area contributed by atoms with Crippen molar-refractivity contribution in [1.29, 1.82) is 0 Å². The number of rotatable bonds is 1. The van der Waals surface area contributed by atoms with Gasteiger partial charge < -0.3 is 5.11 Å². The highest BCUT2D eigenvalue weighted by molar-refractivity contribution is 5.96. The summed E-state index contributed by atoms with van der Waals surface area (Å²) in [6, 6.07) is 0. The maximum atomic E-state index is 12.9. The Morgan fingerprint density at radius 2 is 1.91 bits per heavy atom. The van der Waals surface area contributed by atoms with Gasteiger partial charge in [-0.05, 0) is 47.7 Å². The largest absolute Gasteiger partial charge is 0.385 e. The Kier molecular flexibility index (Phi) is 3.72. The second kappa shape index (κ2) is 5.14. The van der Waals surface area contributed by atoms with E-state index in [1.165, 1.54) is 0 Å². The first-order valence-corrected chi connectivity index (χ1v) is 8.73. The van der Waals surface area contributed by atoms with Crippen molar-refractivity contribution in [2.45, 2.75) is 53.1 Å². The van der Waals surface area contributed by atoms with E-state index in [1.807, 2.05) is 13.8 Å². The minimum absolute atomic E-state index is 0.103. The molecule has 3 nitrogen and oxygen atoms in total. The second-order valence-corrected chi connectivity index (χ2v) is 8.68. The molecule has 0 heterocycles. The van der Waals surface area contributed by atoms with Crippen LogP contribution in [0.1, 0.15) is 47.0 Å². The average molecular weight is 316 g/mol. The van der Waals surface area contributed by atoms with E-state index in [4.69, 9.17) is 0 Å². The smallest absolute Gasteiger partial charge is 0.162 e. The van der Waals surface area contributed by atoms with Gasteiger partial charge >= 0.3 is 0 Å². The standard InChI is InChI=1S/C20H28O3/c1-6-12-9-14(21)17-13(11(12)2)7-8-16-19(3,4)18(23)15(22)10-20(16,17)5/h6,9,11,13,16-18,23H,1,7-8,10H2,2-5H3/t11-,13-,16-,17+,18-,20-/m1/s1. The summed E-state index contributed by atoms with van der Waals surface area (Å²) in [7, 11) is 0. The minimum Gasteiger partial charge on any atom is -0.385 e. The Balaban J connectivity index is 2.09. The SMILES string of the molecule is C=CC1=CC(=O)[C@@H]2[C@H](CC[C@@H]3C(C)(C)[C@H](O)C(=O)C[C@@]23C)[C@@H]1C. The maximum absolute atomic E-state index is 12.9. The summed E-state index contributed by atoms with van der Waals surface area (Å²) >= 11 is 0. The molecule has 0 bridgehead atoms. The molecule has 0 aromatic rings. The van der Waals surface area contributed by atoms with Gasteiger partial charge in [0, 0.05) is 17.8 Å². The number of aliphatic hydroxyl groups is 1. The summed E-state index contributed by atoms with van der Waals surface area (Å²) in [5.41, 5.74) is 0.206. The number of fused-ring (bicyclic) bond motifs is 3. The predicted molar refractivity (Wildman–Crippen MR) is 89.7 cm³/mol. The topological polar surface area (TPSA) is 54.4 Å². The van der Waals surface area contributed by atoms with E-state index in [0.29, 0.717) is 12.3 Å². The first-order chi connectivity index (χ1) is 10.6. The van der Waals surface area contributed by atoms with Crippen LogP contribution in [0.4, 0.5) is 0 Å². The van der Waals surface area contributed by atoms with E-state index in [1.54, 1.807) is 12.2 Å². The van der Waals surface area contributed by atoms with Crippen LogP contribution in [0, 0.1) is 34.5 Å². The Morgan fingerprint density at radius 3 is 2.52 bits per heavy atom. The fourth-order valence-corrected chi connectivity index (χ4v) is 6.05. The van der Waals surface area contributed by atoms with Crippen molar-refractivity contribution >= 4 is 11.6 Å². The monoisotopic (exact) mass is 316 g/mol. The molecule has 3 aliphatic carbocycles. The summed E-state index contributed by atoms with van der Waals surface area (Å²) in [5.74, 6) is 0.705. The summed E-state index contributed by atoms with van der Waals surface area (Å²) in [5, 5.41) is 10.4. The number of hydrogen-bond acceptors (Lipinski definition) is 3. The van der Waals surface area contributed by atoms with Crippen LogP contribution in [0.5, 0.6) is 0 Å². The fourth-order valence-electron chi connectivity index (χ4n) is 6.05. The second-order valence-electron chi connectivity index (χ2n) is 8.68. The number of ketones is 2. The minimum atomic E-state index is -0.910. The van der Waals surface area contributed by atoms with Crippen LogP contribution in [0.15, 0.2) is 24.3 Å². The van der Waals surface area contributed by atoms with Crippen LogP contribution >= 0.6 is 0 Å². The predicted octanol–water partition coefficient (Wildman–Crippen LogP) is 3.33. The fraction of sp³-hybridized carbons (Fsp3) is 0.700. The molecule has 0 aliphatic heterocycles. The van der Waals surface area contributed by atoms with Gasteiger partial charge in [-0.25, -0.2) is 0 Å². The molecule has 1 N–H and O–H groups in total. The zero-order valence-corrected chi connectivity index (χ0v) is 14.6. The van der Waals surface area contributed by atoms with Gasteiger partial charge in [0.2, 0.25) is 0 Å². The zero-order chi connectivity index (χ0) is 17.2.